The third-order valence-corrected chi connectivity index (χ3v) is 3.16. The van der Waals surface area contributed by atoms with Crippen LogP contribution in [-0.2, 0) is 0 Å². The summed E-state index contributed by atoms with van der Waals surface area (Å²) in [5, 5.41) is 3.39. The van der Waals surface area contributed by atoms with Crippen LogP contribution in [0.25, 0.3) is 0 Å². The number of nitrogens with one attached hydrogen (secondary N) is 1. The van der Waals surface area contributed by atoms with Gasteiger partial charge >= 0.3 is 0 Å². The molecular formula is C13H18FNO2. The van der Waals surface area contributed by atoms with Crippen molar-refractivity contribution in [3.63, 3.8) is 0 Å². The molecule has 0 saturated carbocycles. The molecule has 1 unspecified atom stereocenters. The maximum Gasteiger partial charge on any atom is 0.165 e. The highest BCUT2D eigenvalue weighted by Gasteiger charge is 2.22. The van der Waals surface area contributed by atoms with Gasteiger partial charge in [-0.3, -0.25) is 0 Å². The van der Waals surface area contributed by atoms with Crippen LogP contribution in [-0.4, -0.2) is 20.8 Å². The summed E-state index contributed by atoms with van der Waals surface area (Å²) in [6.07, 6.45) is 3.33. The molecule has 4 heteroatoms. The Labute approximate surface area is 101 Å². The van der Waals surface area contributed by atoms with E-state index in [1.807, 2.05) is 0 Å². The van der Waals surface area contributed by atoms with Crippen molar-refractivity contribution >= 4 is 0 Å². The van der Waals surface area contributed by atoms with Crippen LogP contribution in [0.2, 0.25) is 0 Å². The second kappa shape index (κ2) is 5.36. The topological polar surface area (TPSA) is 30.5 Å². The molecule has 0 aliphatic carbocycles. The minimum atomic E-state index is -0.287. The molecule has 1 heterocycles. The second-order valence-electron chi connectivity index (χ2n) is 4.23. The molecule has 0 aromatic heterocycles. The number of benzene rings is 1. The second-order valence-corrected chi connectivity index (χ2v) is 4.23. The minimum absolute atomic E-state index is 0.156. The van der Waals surface area contributed by atoms with E-state index >= 15 is 0 Å². The molecule has 1 aromatic rings. The van der Waals surface area contributed by atoms with Gasteiger partial charge < -0.3 is 14.8 Å². The van der Waals surface area contributed by atoms with Crippen molar-refractivity contribution in [2.24, 2.45) is 0 Å². The molecule has 1 aliphatic rings. The molecule has 0 bridgehead atoms. The van der Waals surface area contributed by atoms with Gasteiger partial charge in [-0.05, 0) is 25.5 Å². The molecule has 2 rings (SSSR count). The Morgan fingerprint density at radius 2 is 2.06 bits per heavy atom. The quantitative estimate of drug-likeness (QED) is 0.879. The fraction of sp³-hybridized carbons (Fsp3) is 0.538. The molecule has 0 radical (unpaired) electrons. The van der Waals surface area contributed by atoms with Gasteiger partial charge in [0.25, 0.3) is 0 Å². The summed E-state index contributed by atoms with van der Waals surface area (Å²) in [7, 11) is 3.11. The predicted molar refractivity (Wildman–Crippen MR) is 64.1 cm³/mol. The number of rotatable bonds is 3. The van der Waals surface area contributed by atoms with E-state index in [1.54, 1.807) is 7.11 Å². The molecule has 0 amide bonds. The molecule has 0 spiro atoms. The number of halogens is 1. The van der Waals surface area contributed by atoms with E-state index in [-0.39, 0.29) is 11.9 Å². The predicted octanol–water partition coefficient (Wildman–Crippen LogP) is 2.66. The van der Waals surface area contributed by atoms with Crippen molar-refractivity contribution in [1.29, 1.82) is 0 Å². The first-order valence-corrected chi connectivity index (χ1v) is 5.91. The first kappa shape index (κ1) is 12.2. The lowest BCUT2D eigenvalue weighted by molar-refractivity contribution is 0.335. The summed E-state index contributed by atoms with van der Waals surface area (Å²) in [6, 6.07) is 3.04. The Morgan fingerprint density at radius 3 is 2.65 bits per heavy atom. The Bertz CT molecular complexity index is 389. The number of hydrogen-bond donors (Lipinski definition) is 1. The summed E-state index contributed by atoms with van der Waals surface area (Å²) in [4.78, 5) is 0. The normalized spacial score (nSPS) is 20.1. The molecule has 1 saturated heterocycles. The molecule has 1 fully saturated rings. The van der Waals surface area contributed by atoms with Crippen molar-refractivity contribution in [3.8, 4) is 11.5 Å². The van der Waals surface area contributed by atoms with E-state index < -0.39 is 0 Å². The zero-order chi connectivity index (χ0) is 12.3. The average Bonchev–Trinajstić information content (AvgIpc) is 2.38. The van der Waals surface area contributed by atoms with Gasteiger partial charge in [0.15, 0.2) is 11.5 Å². The van der Waals surface area contributed by atoms with Crippen LogP contribution in [0.15, 0.2) is 12.1 Å². The van der Waals surface area contributed by atoms with Crippen LogP contribution in [0, 0.1) is 5.82 Å². The van der Waals surface area contributed by atoms with Crippen molar-refractivity contribution in [3.05, 3.63) is 23.5 Å². The molecule has 3 nitrogen and oxygen atoms in total. The lowest BCUT2D eigenvalue weighted by Crippen LogP contribution is -2.27. The number of piperidine rings is 1. The Kier molecular flexibility index (Phi) is 3.84. The summed E-state index contributed by atoms with van der Waals surface area (Å²) in [6.45, 7) is 0.965. The van der Waals surface area contributed by atoms with E-state index in [9.17, 15) is 4.39 Å². The summed E-state index contributed by atoms with van der Waals surface area (Å²) < 4.78 is 24.0. The monoisotopic (exact) mass is 239 g/mol. The molecule has 1 N–H and O–H groups in total. The fourth-order valence-electron chi connectivity index (χ4n) is 2.33. The van der Waals surface area contributed by atoms with Crippen LogP contribution in [0.3, 0.4) is 0 Å². The maximum atomic E-state index is 13.5. The maximum absolute atomic E-state index is 13.5. The van der Waals surface area contributed by atoms with Crippen molar-refractivity contribution < 1.29 is 13.9 Å². The van der Waals surface area contributed by atoms with Crippen LogP contribution in [0.4, 0.5) is 4.39 Å². The standard InChI is InChI=1S/C13H18FNO2/c1-16-12-8-9(14)7-10(13(12)17-2)11-5-3-4-6-15-11/h7-8,11,15H,3-6H2,1-2H3. The van der Waals surface area contributed by atoms with E-state index in [0.717, 1.165) is 24.9 Å². The highest BCUT2D eigenvalue weighted by atomic mass is 19.1. The van der Waals surface area contributed by atoms with Gasteiger partial charge in [-0.1, -0.05) is 6.42 Å². The van der Waals surface area contributed by atoms with Gasteiger partial charge in [-0.2, -0.15) is 0 Å². The van der Waals surface area contributed by atoms with Gasteiger partial charge in [0.1, 0.15) is 5.82 Å². The molecule has 94 valence electrons. The third-order valence-electron chi connectivity index (χ3n) is 3.16. The largest absolute Gasteiger partial charge is 0.493 e. The van der Waals surface area contributed by atoms with Gasteiger partial charge in [0.2, 0.25) is 0 Å². The fourth-order valence-corrected chi connectivity index (χ4v) is 2.33. The zero-order valence-electron chi connectivity index (χ0n) is 10.3. The highest BCUT2D eigenvalue weighted by molar-refractivity contribution is 5.48. The van der Waals surface area contributed by atoms with Crippen molar-refractivity contribution in [2.45, 2.75) is 25.3 Å². The van der Waals surface area contributed by atoms with Crippen LogP contribution in [0.5, 0.6) is 11.5 Å². The zero-order valence-corrected chi connectivity index (χ0v) is 10.3. The molecular weight excluding hydrogens is 221 g/mol. The van der Waals surface area contributed by atoms with Gasteiger partial charge in [-0.15, -0.1) is 0 Å². The van der Waals surface area contributed by atoms with Crippen molar-refractivity contribution in [2.75, 3.05) is 20.8 Å². The Balaban J connectivity index is 2.39. The summed E-state index contributed by atoms with van der Waals surface area (Å²) in [5.74, 6) is 0.799. The summed E-state index contributed by atoms with van der Waals surface area (Å²) >= 11 is 0. The molecule has 1 atom stereocenters. The van der Waals surface area contributed by atoms with Gasteiger partial charge in [-0.25, -0.2) is 4.39 Å². The SMILES string of the molecule is COc1cc(F)cc(C2CCCCN2)c1OC. The summed E-state index contributed by atoms with van der Waals surface area (Å²) in [5.41, 5.74) is 0.851. The number of methoxy groups -OCH3 is 2. The van der Waals surface area contributed by atoms with Crippen LogP contribution in [0.1, 0.15) is 30.9 Å². The molecule has 1 aliphatic heterocycles. The van der Waals surface area contributed by atoms with E-state index in [1.165, 1.54) is 25.7 Å². The number of hydrogen-bond acceptors (Lipinski definition) is 3. The van der Waals surface area contributed by atoms with E-state index in [4.69, 9.17) is 9.47 Å². The van der Waals surface area contributed by atoms with Gasteiger partial charge in [0, 0.05) is 17.7 Å². The van der Waals surface area contributed by atoms with Crippen molar-refractivity contribution in [1.82, 2.24) is 5.32 Å². The van der Waals surface area contributed by atoms with Crippen LogP contribution >= 0.6 is 0 Å². The lowest BCUT2D eigenvalue weighted by Gasteiger charge is -2.26. The highest BCUT2D eigenvalue weighted by Crippen LogP contribution is 2.38. The first-order valence-electron chi connectivity index (χ1n) is 5.91. The van der Waals surface area contributed by atoms with Crippen LogP contribution < -0.4 is 14.8 Å². The lowest BCUT2D eigenvalue weighted by atomic mass is 9.96. The Hall–Kier alpha value is -1.29. The van der Waals surface area contributed by atoms with Gasteiger partial charge in [0.05, 0.1) is 14.2 Å². The third kappa shape index (κ3) is 2.52. The number of ether oxygens (including phenoxy) is 2. The Morgan fingerprint density at radius 1 is 1.24 bits per heavy atom. The molecule has 17 heavy (non-hydrogen) atoms. The average molecular weight is 239 g/mol. The smallest absolute Gasteiger partial charge is 0.165 e. The minimum Gasteiger partial charge on any atom is -0.493 e. The molecule has 1 aromatic carbocycles. The van der Waals surface area contributed by atoms with E-state index in [2.05, 4.69) is 5.32 Å². The van der Waals surface area contributed by atoms with E-state index in [0.29, 0.717) is 11.5 Å². The first-order chi connectivity index (χ1) is 8.26.